The summed E-state index contributed by atoms with van der Waals surface area (Å²) in [5, 5.41) is 9.06. The molecule has 0 saturated carbocycles. The Bertz CT molecular complexity index is 735. The molecule has 0 radical (unpaired) electrons. The number of hydrogen-bond acceptors (Lipinski definition) is 6. The molecule has 132 valence electrons. The molecule has 2 aromatic rings. The fourth-order valence-corrected chi connectivity index (χ4v) is 2.68. The Morgan fingerprint density at radius 1 is 1.00 bits per heavy atom. The van der Waals surface area contributed by atoms with Gasteiger partial charge in [0.15, 0.2) is 0 Å². The Morgan fingerprint density at radius 3 is 1.79 bits per heavy atom. The summed E-state index contributed by atoms with van der Waals surface area (Å²) in [7, 11) is -3.42. The molecule has 0 fully saturated rings. The predicted octanol–water partition coefficient (Wildman–Crippen LogP) is 3.78. The number of aliphatic hydroxyl groups is 1. The maximum absolute atomic E-state index is 10.8. The van der Waals surface area contributed by atoms with Crippen LogP contribution in [-0.4, -0.2) is 29.7 Å². The van der Waals surface area contributed by atoms with E-state index in [1.807, 2.05) is 12.1 Å². The highest BCUT2D eigenvalue weighted by molar-refractivity contribution is 9.10. The van der Waals surface area contributed by atoms with Gasteiger partial charge in [-0.3, -0.25) is 4.18 Å². The van der Waals surface area contributed by atoms with Crippen molar-refractivity contribution in [2.24, 2.45) is 0 Å². The van der Waals surface area contributed by atoms with Crippen molar-refractivity contribution < 1.29 is 17.7 Å². The van der Waals surface area contributed by atoms with Crippen LogP contribution in [0.3, 0.4) is 0 Å². The average molecular weight is 482 g/mol. The highest BCUT2D eigenvalue weighted by Crippen LogP contribution is 2.19. The van der Waals surface area contributed by atoms with Crippen molar-refractivity contribution in [2.75, 3.05) is 6.26 Å². The van der Waals surface area contributed by atoms with Crippen molar-refractivity contribution in [3.63, 3.8) is 0 Å². The van der Waals surface area contributed by atoms with E-state index in [1.165, 1.54) is 0 Å². The van der Waals surface area contributed by atoms with E-state index in [4.69, 9.17) is 9.29 Å². The van der Waals surface area contributed by atoms with Crippen LogP contribution in [-0.2, 0) is 14.3 Å². The van der Waals surface area contributed by atoms with E-state index in [0.29, 0.717) is 4.60 Å². The first-order chi connectivity index (χ1) is 11.1. The normalized spacial score (nSPS) is 13.6. The number of pyridine rings is 2. The highest BCUT2D eigenvalue weighted by atomic mass is 79.9. The van der Waals surface area contributed by atoms with Crippen LogP contribution in [0, 0.1) is 0 Å². The van der Waals surface area contributed by atoms with Crippen molar-refractivity contribution in [1.82, 2.24) is 9.97 Å². The van der Waals surface area contributed by atoms with Gasteiger partial charge in [0.2, 0.25) is 0 Å². The highest BCUT2D eigenvalue weighted by Gasteiger charge is 2.12. The van der Waals surface area contributed by atoms with Gasteiger partial charge in [-0.25, -0.2) is 9.97 Å². The molecule has 2 atom stereocenters. The Labute approximate surface area is 158 Å². The number of rotatable bonds is 4. The SMILES string of the molecule is CC(O)c1ccc(Br)nc1.CC(OS(C)(=O)=O)c1ccc(Br)nc1. The molecule has 2 rings (SSSR count). The summed E-state index contributed by atoms with van der Waals surface area (Å²) < 4.78 is 27.9. The van der Waals surface area contributed by atoms with Crippen LogP contribution in [0.2, 0.25) is 0 Å². The second kappa shape index (κ2) is 9.57. The first-order valence-corrected chi connectivity index (χ1v) is 10.3. The van der Waals surface area contributed by atoms with Gasteiger partial charge in [0.1, 0.15) is 15.3 Å². The van der Waals surface area contributed by atoms with Crippen LogP contribution in [0.5, 0.6) is 0 Å². The molecule has 0 aliphatic heterocycles. The maximum atomic E-state index is 10.8. The molecule has 0 aliphatic carbocycles. The second-order valence-electron chi connectivity index (χ2n) is 4.95. The molecule has 0 aromatic carbocycles. The molecule has 6 nitrogen and oxygen atoms in total. The van der Waals surface area contributed by atoms with E-state index in [9.17, 15) is 8.42 Å². The number of hydrogen-bond donors (Lipinski definition) is 1. The first kappa shape index (κ1) is 21.2. The van der Waals surface area contributed by atoms with Crippen molar-refractivity contribution in [1.29, 1.82) is 0 Å². The summed E-state index contributed by atoms with van der Waals surface area (Å²) in [6.07, 6.45) is 3.30. The zero-order valence-corrected chi connectivity index (χ0v) is 17.3. The van der Waals surface area contributed by atoms with Gasteiger partial charge in [0.05, 0.1) is 12.4 Å². The van der Waals surface area contributed by atoms with Crippen LogP contribution in [0.4, 0.5) is 0 Å². The second-order valence-corrected chi connectivity index (χ2v) is 8.17. The topological polar surface area (TPSA) is 89.4 Å². The monoisotopic (exact) mass is 480 g/mol. The molecule has 2 heterocycles. The van der Waals surface area contributed by atoms with E-state index in [0.717, 1.165) is 22.0 Å². The van der Waals surface area contributed by atoms with E-state index in [1.54, 1.807) is 38.4 Å². The van der Waals surface area contributed by atoms with E-state index in [2.05, 4.69) is 41.8 Å². The Balaban J connectivity index is 0.000000254. The molecule has 2 aromatic heterocycles. The van der Waals surface area contributed by atoms with E-state index >= 15 is 0 Å². The molecule has 0 aliphatic rings. The maximum Gasteiger partial charge on any atom is 0.264 e. The summed E-state index contributed by atoms with van der Waals surface area (Å²) in [5.74, 6) is 0. The molecule has 0 saturated heterocycles. The minimum Gasteiger partial charge on any atom is -0.389 e. The Kier molecular flexibility index (Phi) is 8.44. The van der Waals surface area contributed by atoms with Gasteiger partial charge in [-0.15, -0.1) is 0 Å². The van der Waals surface area contributed by atoms with Gasteiger partial charge in [0, 0.05) is 18.0 Å². The molecule has 0 bridgehead atoms. The fourth-order valence-electron chi connectivity index (χ4n) is 1.58. The molecular weight excluding hydrogens is 464 g/mol. The first-order valence-electron chi connectivity index (χ1n) is 6.87. The summed E-state index contributed by atoms with van der Waals surface area (Å²) >= 11 is 6.39. The van der Waals surface area contributed by atoms with Crippen LogP contribution in [0.1, 0.15) is 37.2 Å². The van der Waals surface area contributed by atoms with Crippen LogP contribution < -0.4 is 0 Å². The minimum atomic E-state index is -3.42. The van der Waals surface area contributed by atoms with Crippen molar-refractivity contribution in [3.05, 3.63) is 57.0 Å². The van der Waals surface area contributed by atoms with E-state index in [-0.39, 0.29) is 0 Å². The van der Waals surface area contributed by atoms with Gasteiger partial charge in [-0.1, -0.05) is 12.1 Å². The number of aliphatic hydroxyl groups excluding tert-OH is 1. The third kappa shape index (κ3) is 8.29. The standard InChI is InChI=1S/C8H10BrNO3S.C7H8BrNO/c1-6(13-14(2,11)12)7-3-4-8(9)10-5-7;1-5(10)6-2-3-7(8)9-4-6/h3-6H,1-2H3;2-5,10H,1H3. The lowest BCUT2D eigenvalue weighted by molar-refractivity contribution is 0.199. The number of nitrogens with zero attached hydrogens (tertiary/aromatic N) is 2. The third-order valence-corrected chi connectivity index (χ3v) is 4.35. The summed E-state index contributed by atoms with van der Waals surface area (Å²) in [4.78, 5) is 7.93. The Morgan fingerprint density at radius 2 is 1.46 bits per heavy atom. The zero-order chi connectivity index (χ0) is 18.3. The van der Waals surface area contributed by atoms with Gasteiger partial charge in [-0.05, 0) is 63.4 Å². The molecular formula is C15H18Br2N2O4S. The molecule has 1 N–H and O–H groups in total. The lowest BCUT2D eigenvalue weighted by Gasteiger charge is -2.10. The third-order valence-electron chi connectivity index (χ3n) is 2.77. The quantitative estimate of drug-likeness (QED) is 0.528. The zero-order valence-electron chi connectivity index (χ0n) is 13.3. The minimum absolute atomic E-state index is 0.430. The number of aromatic nitrogens is 2. The van der Waals surface area contributed by atoms with Crippen LogP contribution >= 0.6 is 31.9 Å². The summed E-state index contributed by atoms with van der Waals surface area (Å²) in [6.45, 7) is 3.37. The van der Waals surface area contributed by atoms with Gasteiger partial charge >= 0.3 is 0 Å². The lowest BCUT2D eigenvalue weighted by Crippen LogP contribution is -2.07. The average Bonchev–Trinajstić information content (AvgIpc) is 2.47. The van der Waals surface area contributed by atoms with Crippen molar-refractivity contribution in [3.8, 4) is 0 Å². The smallest absolute Gasteiger partial charge is 0.264 e. The Hall–Kier alpha value is -0.870. The molecule has 0 spiro atoms. The van der Waals surface area contributed by atoms with Crippen LogP contribution in [0.15, 0.2) is 45.9 Å². The summed E-state index contributed by atoms with van der Waals surface area (Å²) in [6, 6.07) is 7.13. The van der Waals surface area contributed by atoms with Crippen LogP contribution in [0.25, 0.3) is 0 Å². The van der Waals surface area contributed by atoms with Gasteiger partial charge in [0.25, 0.3) is 10.1 Å². The van der Waals surface area contributed by atoms with E-state index < -0.39 is 22.3 Å². The van der Waals surface area contributed by atoms with Crippen molar-refractivity contribution in [2.45, 2.75) is 26.1 Å². The molecule has 2 unspecified atom stereocenters. The van der Waals surface area contributed by atoms with Crippen molar-refractivity contribution >= 4 is 42.0 Å². The molecule has 9 heteroatoms. The molecule has 24 heavy (non-hydrogen) atoms. The lowest BCUT2D eigenvalue weighted by atomic mass is 10.2. The number of halogens is 2. The van der Waals surface area contributed by atoms with Gasteiger partial charge in [-0.2, -0.15) is 8.42 Å². The fraction of sp³-hybridized carbons (Fsp3) is 0.333. The largest absolute Gasteiger partial charge is 0.389 e. The summed E-state index contributed by atoms with van der Waals surface area (Å²) in [5.41, 5.74) is 1.56. The molecule has 0 amide bonds. The van der Waals surface area contributed by atoms with Gasteiger partial charge < -0.3 is 5.11 Å². The predicted molar refractivity (Wildman–Crippen MR) is 98.9 cm³/mol.